The molecule has 0 spiro atoms. The minimum Gasteiger partial charge on any atom is -0.501 e. The molecule has 6 aromatic carbocycles. The van der Waals surface area contributed by atoms with Crippen molar-refractivity contribution in [1.82, 2.24) is 9.97 Å². The summed E-state index contributed by atoms with van der Waals surface area (Å²) in [5.41, 5.74) is 8.35. The fourth-order valence-electron chi connectivity index (χ4n) is 6.96. The van der Waals surface area contributed by atoms with Gasteiger partial charge >= 0.3 is 0 Å². The maximum Gasteiger partial charge on any atom is 0.121 e. The second kappa shape index (κ2) is 15.1. The Morgan fingerprint density at radius 1 is 0.691 bits per heavy atom. The molecule has 1 radical (unpaired) electrons. The first kappa shape index (κ1) is 34.3. The van der Waals surface area contributed by atoms with Crippen LogP contribution in [0.1, 0.15) is 36.0 Å². The average molecular weight is 912 g/mol. The average Bonchev–Trinajstić information content (AvgIpc) is 3.57. The molecule has 0 saturated heterocycles. The first-order valence-electron chi connectivity index (χ1n) is 19.9. The van der Waals surface area contributed by atoms with Gasteiger partial charge in [-0.2, -0.15) is 0 Å². The Kier molecular flexibility index (Phi) is 9.45. The molecule has 275 valence electrons. The minimum atomic E-state index is -2.19. The standard InChI is InChI=1S/C29H22NO.C21H22NSi.Ir/c1-29(2,3)20-13-14-30-26(16-20)23-10-6-9-22-25-15-19-12-11-18-7-4-5-8-21(18)24(19)17-27(25)31-28(22)23;1-16-10-11-18(14-20(16)17-8-6-5-7-9-17)21-13-12-19(15-22-21)23(2,3)4;/h4-9,11-17H,1-3H3;5-10,12-15H,1-4H3;/q2*-1;/i;1D3;. The summed E-state index contributed by atoms with van der Waals surface area (Å²) in [6, 6.07) is 49.3. The molecular formula is C50H44IrN2OSi-2. The van der Waals surface area contributed by atoms with Crippen LogP contribution in [0.25, 0.3) is 77.1 Å². The van der Waals surface area contributed by atoms with Crippen molar-refractivity contribution in [3.05, 3.63) is 163 Å². The number of nitrogens with zero attached hydrogens (tertiary/aromatic N) is 2. The Bertz CT molecular complexity index is 2910. The van der Waals surface area contributed by atoms with Crippen molar-refractivity contribution in [2.24, 2.45) is 0 Å². The molecule has 0 N–H and O–H groups in total. The number of benzene rings is 6. The van der Waals surface area contributed by atoms with E-state index in [1.54, 1.807) is 6.07 Å². The second-order valence-electron chi connectivity index (χ2n) is 16.0. The third-order valence-corrected chi connectivity index (χ3v) is 12.1. The molecule has 0 aliphatic rings. The van der Waals surface area contributed by atoms with E-state index in [1.165, 1.54) is 32.3 Å². The van der Waals surface area contributed by atoms with E-state index in [0.29, 0.717) is 11.1 Å². The van der Waals surface area contributed by atoms with Gasteiger partial charge in [-0.05, 0) is 72.9 Å². The smallest absolute Gasteiger partial charge is 0.121 e. The number of hydrogen-bond donors (Lipinski definition) is 0. The summed E-state index contributed by atoms with van der Waals surface area (Å²) in [5.74, 6) is 0. The van der Waals surface area contributed by atoms with Crippen LogP contribution in [0, 0.1) is 19.0 Å². The van der Waals surface area contributed by atoms with Gasteiger partial charge in [-0.15, -0.1) is 47.5 Å². The molecule has 0 saturated carbocycles. The molecule has 5 heteroatoms. The molecule has 0 aliphatic heterocycles. The van der Waals surface area contributed by atoms with E-state index in [0.717, 1.165) is 50.0 Å². The third kappa shape index (κ3) is 7.70. The van der Waals surface area contributed by atoms with Crippen LogP contribution < -0.4 is 5.19 Å². The van der Waals surface area contributed by atoms with Gasteiger partial charge in [0.1, 0.15) is 5.58 Å². The van der Waals surface area contributed by atoms with Crippen LogP contribution in [0.3, 0.4) is 0 Å². The summed E-state index contributed by atoms with van der Waals surface area (Å²) >= 11 is 0. The van der Waals surface area contributed by atoms with Gasteiger partial charge in [0.05, 0.1) is 13.7 Å². The van der Waals surface area contributed by atoms with Gasteiger partial charge in [0.25, 0.3) is 0 Å². The van der Waals surface area contributed by atoms with Gasteiger partial charge in [-0.1, -0.05) is 149 Å². The summed E-state index contributed by atoms with van der Waals surface area (Å²) < 4.78 is 30.0. The van der Waals surface area contributed by atoms with Gasteiger partial charge in [0, 0.05) is 42.0 Å². The number of hydrogen-bond acceptors (Lipinski definition) is 3. The Morgan fingerprint density at radius 2 is 1.47 bits per heavy atom. The Hall–Kier alpha value is -5.19. The summed E-state index contributed by atoms with van der Waals surface area (Å²) in [6.07, 6.45) is 3.82. The summed E-state index contributed by atoms with van der Waals surface area (Å²) in [4.78, 5) is 9.25. The maximum atomic E-state index is 7.84. The van der Waals surface area contributed by atoms with E-state index >= 15 is 0 Å². The molecule has 0 atom stereocenters. The van der Waals surface area contributed by atoms with Crippen LogP contribution in [0.15, 0.2) is 144 Å². The fraction of sp³-hybridized carbons (Fsp3) is 0.160. The Labute approximate surface area is 343 Å². The molecule has 0 bridgehead atoms. The van der Waals surface area contributed by atoms with E-state index in [4.69, 9.17) is 8.53 Å². The van der Waals surface area contributed by atoms with Crippen LogP contribution in [0.4, 0.5) is 0 Å². The predicted molar refractivity (Wildman–Crippen MR) is 231 cm³/mol. The molecule has 0 unspecified atom stereocenters. The number of fused-ring (bicyclic) bond motifs is 6. The van der Waals surface area contributed by atoms with Gasteiger partial charge in [0.2, 0.25) is 0 Å². The summed E-state index contributed by atoms with van der Waals surface area (Å²) in [5, 5.41) is 8.43. The molecule has 3 nitrogen and oxygen atoms in total. The zero-order chi connectivity index (χ0) is 40.1. The zero-order valence-corrected chi connectivity index (χ0v) is 35.3. The number of furan rings is 1. The van der Waals surface area contributed by atoms with Gasteiger partial charge in [-0.3, -0.25) is 0 Å². The Balaban J connectivity index is 0.000000177. The molecule has 3 aromatic heterocycles. The number of pyridine rings is 2. The molecule has 55 heavy (non-hydrogen) atoms. The van der Waals surface area contributed by atoms with Crippen LogP contribution in [0.5, 0.6) is 0 Å². The molecular weight excluding hydrogens is 865 g/mol. The van der Waals surface area contributed by atoms with E-state index < -0.39 is 14.9 Å². The van der Waals surface area contributed by atoms with Crippen LogP contribution in [0.2, 0.25) is 19.6 Å². The molecule has 9 aromatic rings. The van der Waals surface area contributed by atoms with Crippen molar-refractivity contribution >= 4 is 56.7 Å². The number of rotatable bonds is 4. The van der Waals surface area contributed by atoms with Crippen LogP contribution >= 0.6 is 0 Å². The third-order valence-electron chi connectivity index (χ3n) is 10.1. The quantitative estimate of drug-likeness (QED) is 0.100. The first-order valence-corrected chi connectivity index (χ1v) is 21.9. The van der Waals surface area contributed by atoms with Crippen molar-refractivity contribution in [2.75, 3.05) is 0 Å². The van der Waals surface area contributed by atoms with Crippen molar-refractivity contribution in [1.29, 1.82) is 0 Å². The topological polar surface area (TPSA) is 38.9 Å². The van der Waals surface area contributed by atoms with E-state index in [-0.39, 0.29) is 25.5 Å². The SMILES string of the molecule is CC(C)(C)c1ccnc(-c2[c-]ccc3c2oc2cc4c(ccc5ccccc54)cc23)c1.[2H]C([2H])([2H])c1c[c-]c(-c2ccc([Si](C)(C)C)cn2)cc1-c1ccccc1.[Ir]. The summed E-state index contributed by atoms with van der Waals surface area (Å²) in [6.45, 7) is 11.3. The van der Waals surface area contributed by atoms with E-state index in [9.17, 15) is 0 Å². The zero-order valence-electron chi connectivity index (χ0n) is 34.9. The van der Waals surface area contributed by atoms with Crippen molar-refractivity contribution in [2.45, 2.75) is 52.7 Å². The Morgan fingerprint density at radius 3 is 2.22 bits per heavy atom. The van der Waals surface area contributed by atoms with Crippen LogP contribution in [-0.2, 0) is 25.5 Å². The van der Waals surface area contributed by atoms with Gasteiger partial charge < -0.3 is 14.4 Å². The van der Waals surface area contributed by atoms with Gasteiger partial charge in [0.15, 0.2) is 0 Å². The van der Waals surface area contributed by atoms with Crippen molar-refractivity contribution < 1.29 is 28.6 Å². The van der Waals surface area contributed by atoms with E-state index in [2.05, 4.69) is 135 Å². The molecule has 9 rings (SSSR count). The monoisotopic (exact) mass is 912 g/mol. The normalized spacial score (nSPS) is 12.8. The first-order chi connectivity index (χ1) is 27.1. The molecule has 3 heterocycles. The van der Waals surface area contributed by atoms with Gasteiger partial charge in [-0.25, -0.2) is 0 Å². The predicted octanol–water partition coefficient (Wildman–Crippen LogP) is 13.1. The maximum absolute atomic E-state index is 7.84. The second-order valence-corrected chi connectivity index (χ2v) is 21.0. The molecule has 0 fully saturated rings. The molecule has 0 aliphatic carbocycles. The minimum absolute atomic E-state index is 0. The van der Waals surface area contributed by atoms with Crippen molar-refractivity contribution in [3.8, 4) is 33.6 Å². The largest absolute Gasteiger partial charge is 0.501 e. The summed E-state index contributed by atoms with van der Waals surface area (Å²) in [7, 11) is -1.40. The van der Waals surface area contributed by atoms with Crippen LogP contribution in [-0.4, -0.2) is 18.0 Å². The van der Waals surface area contributed by atoms with E-state index in [1.807, 2.05) is 60.9 Å². The number of aryl methyl sites for hydroxylation is 1. The van der Waals surface area contributed by atoms with Crippen molar-refractivity contribution in [3.63, 3.8) is 0 Å². The molecule has 0 amide bonds. The number of aromatic nitrogens is 2. The fourth-order valence-corrected chi connectivity index (χ4v) is 7.99.